The van der Waals surface area contributed by atoms with Gasteiger partial charge in [0.1, 0.15) is 18.1 Å². The number of carbonyl (C=O) groups is 1. The standard InChI is InChI=1S/C12H16O4/c1-9(14-2)8-16-12-5-4-11(15-3)6-10(12)7-13/h4-7,9H,8H2,1-3H3. The predicted octanol–water partition coefficient (Wildman–Crippen LogP) is 1.92. The van der Waals surface area contributed by atoms with E-state index in [0.717, 1.165) is 6.29 Å². The third-order valence-electron chi connectivity index (χ3n) is 2.22. The molecule has 4 heteroatoms. The molecule has 0 amide bonds. The number of benzene rings is 1. The summed E-state index contributed by atoms with van der Waals surface area (Å²) in [4.78, 5) is 10.8. The van der Waals surface area contributed by atoms with Gasteiger partial charge < -0.3 is 14.2 Å². The first-order valence-electron chi connectivity index (χ1n) is 5.00. The highest BCUT2D eigenvalue weighted by molar-refractivity contribution is 5.80. The van der Waals surface area contributed by atoms with E-state index in [2.05, 4.69) is 0 Å². The summed E-state index contributed by atoms with van der Waals surface area (Å²) >= 11 is 0. The van der Waals surface area contributed by atoms with Crippen molar-refractivity contribution < 1.29 is 19.0 Å². The van der Waals surface area contributed by atoms with Crippen LogP contribution in [0.15, 0.2) is 18.2 Å². The summed E-state index contributed by atoms with van der Waals surface area (Å²) in [6, 6.07) is 5.10. The van der Waals surface area contributed by atoms with E-state index < -0.39 is 0 Å². The molecule has 0 aromatic heterocycles. The topological polar surface area (TPSA) is 44.8 Å². The molecule has 0 aliphatic heterocycles. The van der Waals surface area contributed by atoms with Crippen LogP contribution in [0.25, 0.3) is 0 Å². The maximum Gasteiger partial charge on any atom is 0.153 e. The van der Waals surface area contributed by atoms with Gasteiger partial charge in [-0.25, -0.2) is 0 Å². The molecule has 0 fully saturated rings. The second-order valence-electron chi connectivity index (χ2n) is 3.38. The van der Waals surface area contributed by atoms with Crippen LogP contribution in [0.2, 0.25) is 0 Å². The van der Waals surface area contributed by atoms with Gasteiger partial charge in [0.05, 0.1) is 18.8 Å². The third kappa shape index (κ3) is 3.24. The van der Waals surface area contributed by atoms with Gasteiger partial charge in [-0.2, -0.15) is 0 Å². The van der Waals surface area contributed by atoms with Crippen LogP contribution in [-0.2, 0) is 4.74 Å². The lowest BCUT2D eigenvalue weighted by Crippen LogP contribution is -2.16. The maximum atomic E-state index is 10.8. The number of hydrogen-bond acceptors (Lipinski definition) is 4. The molecule has 1 atom stereocenters. The largest absolute Gasteiger partial charge is 0.497 e. The molecular formula is C12H16O4. The Morgan fingerprint density at radius 3 is 2.69 bits per heavy atom. The summed E-state index contributed by atoms with van der Waals surface area (Å²) in [5.41, 5.74) is 0.475. The van der Waals surface area contributed by atoms with E-state index in [9.17, 15) is 4.79 Å². The highest BCUT2D eigenvalue weighted by Gasteiger charge is 2.07. The highest BCUT2D eigenvalue weighted by Crippen LogP contribution is 2.22. The minimum Gasteiger partial charge on any atom is -0.497 e. The van der Waals surface area contributed by atoms with Gasteiger partial charge >= 0.3 is 0 Å². The minimum atomic E-state index is -0.0124. The molecule has 1 aromatic carbocycles. The van der Waals surface area contributed by atoms with Crippen LogP contribution in [0.4, 0.5) is 0 Å². The fourth-order valence-electron chi connectivity index (χ4n) is 1.15. The molecule has 1 unspecified atom stereocenters. The monoisotopic (exact) mass is 224 g/mol. The average Bonchev–Trinajstić information content (AvgIpc) is 2.35. The number of carbonyl (C=O) groups excluding carboxylic acids is 1. The van der Waals surface area contributed by atoms with Crippen molar-refractivity contribution in [2.75, 3.05) is 20.8 Å². The van der Waals surface area contributed by atoms with Crippen molar-refractivity contribution in [1.82, 2.24) is 0 Å². The van der Waals surface area contributed by atoms with E-state index in [-0.39, 0.29) is 6.10 Å². The molecular weight excluding hydrogens is 208 g/mol. The zero-order valence-corrected chi connectivity index (χ0v) is 9.73. The maximum absolute atomic E-state index is 10.8. The molecule has 0 radical (unpaired) electrons. The van der Waals surface area contributed by atoms with Gasteiger partial charge in [0.2, 0.25) is 0 Å². The second kappa shape index (κ2) is 6.12. The van der Waals surface area contributed by atoms with E-state index >= 15 is 0 Å². The van der Waals surface area contributed by atoms with Crippen molar-refractivity contribution in [3.05, 3.63) is 23.8 Å². The Bertz CT molecular complexity index is 349. The van der Waals surface area contributed by atoms with E-state index in [0.29, 0.717) is 23.7 Å². The van der Waals surface area contributed by atoms with Crippen LogP contribution < -0.4 is 9.47 Å². The Balaban J connectivity index is 2.75. The zero-order valence-electron chi connectivity index (χ0n) is 9.73. The van der Waals surface area contributed by atoms with Crippen LogP contribution in [-0.4, -0.2) is 33.2 Å². The van der Waals surface area contributed by atoms with Gasteiger partial charge in [-0.15, -0.1) is 0 Å². The molecule has 1 rings (SSSR count). The third-order valence-corrected chi connectivity index (χ3v) is 2.22. The summed E-state index contributed by atoms with van der Waals surface area (Å²) in [6.45, 7) is 2.30. The van der Waals surface area contributed by atoms with Gasteiger partial charge in [0, 0.05) is 7.11 Å². The van der Waals surface area contributed by atoms with E-state index in [1.165, 1.54) is 0 Å². The van der Waals surface area contributed by atoms with Crippen LogP contribution in [0.3, 0.4) is 0 Å². The lowest BCUT2D eigenvalue weighted by molar-refractivity contribution is 0.0711. The molecule has 0 aliphatic rings. The Morgan fingerprint density at radius 2 is 2.12 bits per heavy atom. The Kier molecular flexibility index (Phi) is 4.79. The SMILES string of the molecule is COc1ccc(OCC(C)OC)c(C=O)c1. The lowest BCUT2D eigenvalue weighted by atomic mass is 10.2. The number of methoxy groups -OCH3 is 2. The van der Waals surface area contributed by atoms with E-state index in [1.54, 1.807) is 32.4 Å². The molecule has 16 heavy (non-hydrogen) atoms. The van der Waals surface area contributed by atoms with Crippen molar-refractivity contribution in [3.8, 4) is 11.5 Å². The number of rotatable bonds is 6. The number of aldehydes is 1. The lowest BCUT2D eigenvalue weighted by Gasteiger charge is -2.13. The molecule has 0 heterocycles. The summed E-state index contributed by atoms with van der Waals surface area (Å²) < 4.78 is 15.5. The van der Waals surface area contributed by atoms with Crippen LogP contribution in [0, 0.1) is 0 Å². The molecule has 0 aliphatic carbocycles. The Labute approximate surface area is 95.1 Å². The minimum absolute atomic E-state index is 0.0124. The van der Waals surface area contributed by atoms with E-state index in [1.807, 2.05) is 6.92 Å². The van der Waals surface area contributed by atoms with Gasteiger partial charge in [-0.05, 0) is 25.1 Å². The number of hydrogen-bond donors (Lipinski definition) is 0. The van der Waals surface area contributed by atoms with Gasteiger partial charge in [0.15, 0.2) is 6.29 Å². The summed E-state index contributed by atoms with van der Waals surface area (Å²) in [5, 5.41) is 0. The predicted molar refractivity (Wildman–Crippen MR) is 60.3 cm³/mol. The first-order valence-corrected chi connectivity index (χ1v) is 5.00. The van der Waals surface area contributed by atoms with Crippen molar-refractivity contribution >= 4 is 6.29 Å². The molecule has 0 N–H and O–H groups in total. The molecule has 0 spiro atoms. The molecule has 0 saturated heterocycles. The molecule has 0 bridgehead atoms. The van der Waals surface area contributed by atoms with Crippen molar-refractivity contribution in [2.24, 2.45) is 0 Å². The fourth-order valence-corrected chi connectivity index (χ4v) is 1.15. The zero-order chi connectivity index (χ0) is 12.0. The fraction of sp³-hybridized carbons (Fsp3) is 0.417. The first-order chi connectivity index (χ1) is 7.71. The Morgan fingerprint density at radius 1 is 1.38 bits per heavy atom. The van der Waals surface area contributed by atoms with Gasteiger partial charge in [-0.1, -0.05) is 0 Å². The van der Waals surface area contributed by atoms with Gasteiger partial charge in [0.25, 0.3) is 0 Å². The first kappa shape index (κ1) is 12.5. The average molecular weight is 224 g/mol. The van der Waals surface area contributed by atoms with Crippen LogP contribution in [0.1, 0.15) is 17.3 Å². The van der Waals surface area contributed by atoms with E-state index in [4.69, 9.17) is 14.2 Å². The van der Waals surface area contributed by atoms with Crippen molar-refractivity contribution in [2.45, 2.75) is 13.0 Å². The Hall–Kier alpha value is -1.55. The molecule has 88 valence electrons. The van der Waals surface area contributed by atoms with Gasteiger partial charge in [-0.3, -0.25) is 4.79 Å². The molecule has 0 saturated carbocycles. The number of ether oxygens (including phenoxy) is 3. The summed E-state index contributed by atoms with van der Waals surface area (Å²) in [7, 11) is 3.17. The summed E-state index contributed by atoms with van der Waals surface area (Å²) in [5.74, 6) is 1.17. The van der Waals surface area contributed by atoms with Crippen LogP contribution in [0.5, 0.6) is 11.5 Å². The normalized spacial score (nSPS) is 11.9. The quantitative estimate of drug-likeness (QED) is 0.692. The highest BCUT2D eigenvalue weighted by atomic mass is 16.5. The molecule has 1 aromatic rings. The van der Waals surface area contributed by atoms with Crippen molar-refractivity contribution in [1.29, 1.82) is 0 Å². The second-order valence-corrected chi connectivity index (χ2v) is 3.38. The molecule has 4 nitrogen and oxygen atoms in total. The van der Waals surface area contributed by atoms with Crippen LogP contribution >= 0.6 is 0 Å². The smallest absolute Gasteiger partial charge is 0.153 e. The van der Waals surface area contributed by atoms with Crippen molar-refractivity contribution in [3.63, 3.8) is 0 Å². The summed E-state index contributed by atoms with van der Waals surface area (Å²) in [6.07, 6.45) is 0.733.